The van der Waals surface area contributed by atoms with Gasteiger partial charge in [-0.15, -0.1) is 11.8 Å². The molecule has 2 N–H and O–H groups in total. The molecule has 0 bridgehead atoms. The minimum absolute atomic E-state index is 0.131. The van der Waals surface area contributed by atoms with Crippen LogP contribution in [0.1, 0.15) is 27.9 Å². The Morgan fingerprint density at radius 1 is 1.27 bits per heavy atom. The van der Waals surface area contributed by atoms with Crippen molar-refractivity contribution in [3.63, 3.8) is 0 Å². The molecule has 0 radical (unpaired) electrons. The number of Topliss-reactive ketones (excluding diaryl/α,β-unsaturated/α-hetero) is 1. The Morgan fingerprint density at radius 3 is 3.00 bits per heavy atom. The Hall–Kier alpha value is -0.800. The lowest BCUT2D eigenvalue weighted by atomic mass is 9.86. The molecule has 3 rings (SSSR count). The van der Waals surface area contributed by atoms with Gasteiger partial charge in [0.2, 0.25) is 0 Å². The summed E-state index contributed by atoms with van der Waals surface area (Å²) in [5.74, 6) is 1.28. The van der Waals surface area contributed by atoms with Crippen LogP contribution in [0.15, 0.2) is 17.0 Å². The van der Waals surface area contributed by atoms with E-state index in [-0.39, 0.29) is 11.8 Å². The van der Waals surface area contributed by atoms with E-state index in [0.717, 1.165) is 30.6 Å². The predicted octanol–water partition coefficient (Wildman–Crippen LogP) is 1.79. The molecule has 3 heteroatoms. The van der Waals surface area contributed by atoms with Crippen molar-refractivity contribution in [1.29, 1.82) is 0 Å². The summed E-state index contributed by atoms with van der Waals surface area (Å²) >= 11 is 1.85. The van der Waals surface area contributed by atoms with Gasteiger partial charge in [0.25, 0.3) is 0 Å². The molecule has 1 aromatic carbocycles. The molecule has 0 spiro atoms. The summed E-state index contributed by atoms with van der Waals surface area (Å²) in [4.78, 5) is 13.2. The maximum atomic E-state index is 11.9. The van der Waals surface area contributed by atoms with Crippen LogP contribution in [-0.2, 0) is 12.8 Å². The van der Waals surface area contributed by atoms with Gasteiger partial charge in [0.05, 0.1) is 6.04 Å². The van der Waals surface area contributed by atoms with E-state index in [1.807, 2.05) is 11.8 Å². The SMILES string of the molecule is NC1CCc2cc3c(cc2C1=O)SCC3. The number of fused-ring (bicyclic) bond motifs is 2. The minimum atomic E-state index is -0.276. The van der Waals surface area contributed by atoms with Crippen molar-refractivity contribution in [3.05, 3.63) is 28.8 Å². The summed E-state index contributed by atoms with van der Waals surface area (Å²) in [5.41, 5.74) is 9.29. The van der Waals surface area contributed by atoms with E-state index in [1.165, 1.54) is 16.0 Å². The Balaban J connectivity index is 2.14. The number of carbonyl (C=O) groups excluding carboxylic acids is 1. The van der Waals surface area contributed by atoms with Crippen molar-refractivity contribution >= 4 is 17.5 Å². The van der Waals surface area contributed by atoms with E-state index in [2.05, 4.69) is 12.1 Å². The van der Waals surface area contributed by atoms with E-state index in [4.69, 9.17) is 5.73 Å². The molecule has 1 atom stereocenters. The molecule has 1 aromatic rings. The monoisotopic (exact) mass is 219 g/mol. The second-order valence-corrected chi connectivity index (χ2v) is 5.36. The van der Waals surface area contributed by atoms with Crippen molar-refractivity contribution in [2.75, 3.05) is 5.75 Å². The molecule has 78 valence electrons. The fourth-order valence-electron chi connectivity index (χ4n) is 2.35. The van der Waals surface area contributed by atoms with Crippen LogP contribution in [0.5, 0.6) is 0 Å². The third-order valence-electron chi connectivity index (χ3n) is 3.24. The summed E-state index contributed by atoms with van der Waals surface area (Å²) in [7, 11) is 0. The van der Waals surface area contributed by atoms with Crippen LogP contribution < -0.4 is 5.73 Å². The third kappa shape index (κ3) is 1.42. The molecular weight excluding hydrogens is 206 g/mol. The Morgan fingerprint density at radius 2 is 2.13 bits per heavy atom. The number of benzene rings is 1. The van der Waals surface area contributed by atoms with E-state index < -0.39 is 0 Å². The largest absolute Gasteiger partial charge is 0.321 e. The first-order valence-electron chi connectivity index (χ1n) is 5.34. The van der Waals surface area contributed by atoms with Crippen molar-refractivity contribution in [1.82, 2.24) is 0 Å². The number of aryl methyl sites for hydroxylation is 2. The lowest BCUT2D eigenvalue weighted by Crippen LogP contribution is -2.35. The second-order valence-electron chi connectivity index (χ2n) is 4.22. The van der Waals surface area contributed by atoms with Crippen LogP contribution >= 0.6 is 11.8 Å². The second kappa shape index (κ2) is 3.35. The molecule has 1 aliphatic carbocycles. The normalized spacial score (nSPS) is 23.8. The highest BCUT2D eigenvalue weighted by Gasteiger charge is 2.26. The zero-order valence-electron chi connectivity index (χ0n) is 8.45. The fraction of sp³-hybridized carbons (Fsp3) is 0.417. The molecule has 2 nitrogen and oxygen atoms in total. The molecule has 0 saturated carbocycles. The molecule has 1 unspecified atom stereocenters. The zero-order valence-corrected chi connectivity index (χ0v) is 9.27. The van der Waals surface area contributed by atoms with Gasteiger partial charge < -0.3 is 5.73 Å². The predicted molar refractivity (Wildman–Crippen MR) is 61.5 cm³/mol. The molecule has 0 amide bonds. The molecule has 2 aliphatic rings. The van der Waals surface area contributed by atoms with Crippen LogP contribution in [0.25, 0.3) is 0 Å². The molecule has 1 heterocycles. The Kier molecular flexibility index (Phi) is 2.11. The van der Waals surface area contributed by atoms with Gasteiger partial charge in [0.1, 0.15) is 0 Å². The van der Waals surface area contributed by atoms with Gasteiger partial charge >= 0.3 is 0 Å². The number of hydrogen-bond donors (Lipinski definition) is 1. The summed E-state index contributed by atoms with van der Waals surface area (Å²) in [5, 5.41) is 0. The standard InChI is InChI=1S/C12H13NOS/c13-10-2-1-7-5-8-3-4-15-11(8)6-9(7)12(10)14/h5-6,10H,1-4,13H2. The van der Waals surface area contributed by atoms with Gasteiger partial charge in [-0.05, 0) is 36.5 Å². The fourth-order valence-corrected chi connectivity index (χ4v) is 3.44. The Bertz CT molecular complexity index is 441. The number of hydrogen-bond acceptors (Lipinski definition) is 3. The highest BCUT2D eigenvalue weighted by molar-refractivity contribution is 7.99. The smallest absolute Gasteiger partial charge is 0.179 e. The topological polar surface area (TPSA) is 43.1 Å². The third-order valence-corrected chi connectivity index (χ3v) is 4.34. The lowest BCUT2D eigenvalue weighted by molar-refractivity contribution is 0.0948. The zero-order chi connectivity index (χ0) is 10.4. The van der Waals surface area contributed by atoms with Crippen LogP contribution in [0.3, 0.4) is 0 Å². The summed E-state index contributed by atoms with van der Waals surface area (Å²) in [6.07, 6.45) is 2.91. The minimum Gasteiger partial charge on any atom is -0.321 e. The highest BCUT2D eigenvalue weighted by atomic mass is 32.2. The van der Waals surface area contributed by atoms with Gasteiger partial charge in [-0.25, -0.2) is 0 Å². The average Bonchev–Trinajstić information content (AvgIpc) is 2.68. The molecular formula is C12H13NOS. The average molecular weight is 219 g/mol. The number of ketones is 1. The van der Waals surface area contributed by atoms with Gasteiger partial charge in [-0.3, -0.25) is 4.79 Å². The van der Waals surface area contributed by atoms with Crippen LogP contribution in [-0.4, -0.2) is 17.6 Å². The molecule has 0 saturated heterocycles. The quantitative estimate of drug-likeness (QED) is 0.723. The lowest BCUT2D eigenvalue weighted by Gasteiger charge is -2.21. The molecule has 0 fully saturated rings. The first kappa shape index (κ1) is 9.43. The van der Waals surface area contributed by atoms with Crippen LogP contribution in [0.4, 0.5) is 0 Å². The van der Waals surface area contributed by atoms with Gasteiger partial charge in [0, 0.05) is 16.2 Å². The molecule has 15 heavy (non-hydrogen) atoms. The van der Waals surface area contributed by atoms with Crippen LogP contribution in [0, 0.1) is 0 Å². The van der Waals surface area contributed by atoms with E-state index in [1.54, 1.807) is 0 Å². The van der Waals surface area contributed by atoms with Crippen molar-refractivity contribution in [2.45, 2.75) is 30.2 Å². The summed E-state index contributed by atoms with van der Waals surface area (Å²) < 4.78 is 0. The van der Waals surface area contributed by atoms with Gasteiger partial charge in [-0.2, -0.15) is 0 Å². The van der Waals surface area contributed by atoms with Crippen molar-refractivity contribution in [2.24, 2.45) is 5.73 Å². The summed E-state index contributed by atoms with van der Waals surface area (Å²) in [6.45, 7) is 0. The molecule has 0 aromatic heterocycles. The van der Waals surface area contributed by atoms with E-state index in [9.17, 15) is 4.79 Å². The highest BCUT2D eigenvalue weighted by Crippen LogP contribution is 2.35. The van der Waals surface area contributed by atoms with E-state index >= 15 is 0 Å². The number of rotatable bonds is 0. The van der Waals surface area contributed by atoms with Crippen molar-refractivity contribution in [3.8, 4) is 0 Å². The van der Waals surface area contributed by atoms with Gasteiger partial charge in [-0.1, -0.05) is 6.07 Å². The number of nitrogens with two attached hydrogens (primary N) is 1. The Labute approximate surface area is 93.2 Å². The van der Waals surface area contributed by atoms with E-state index in [0.29, 0.717) is 0 Å². The van der Waals surface area contributed by atoms with Gasteiger partial charge in [0.15, 0.2) is 5.78 Å². The maximum absolute atomic E-state index is 11.9. The first-order chi connectivity index (χ1) is 7.25. The number of carbonyl (C=O) groups is 1. The summed E-state index contributed by atoms with van der Waals surface area (Å²) in [6, 6.07) is 4.00. The molecule has 1 aliphatic heterocycles. The van der Waals surface area contributed by atoms with Crippen molar-refractivity contribution < 1.29 is 4.79 Å². The first-order valence-corrected chi connectivity index (χ1v) is 6.32. The number of thioether (sulfide) groups is 1. The maximum Gasteiger partial charge on any atom is 0.179 e. The van der Waals surface area contributed by atoms with Crippen LogP contribution in [0.2, 0.25) is 0 Å².